The van der Waals surface area contributed by atoms with Gasteiger partial charge in [-0.3, -0.25) is 9.89 Å². The lowest BCUT2D eigenvalue weighted by Gasteiger charge is -2.27. The van der Waals surface area contributed by atoms with E-state index >= 15 is 0 Å². The van der Waals surface area contributed by atoms with E-state index in [1.807, 2.05) is 6.07 Å². The van der Waals surface area contributed by atoms with Crippen LogP contribution in [0, 0.1) is 0 Å². The van der Waals surface area contributed by atoms with Crippen LogP contribution in [0.2, 0.25) is 0 Å². The standard InChI is InChI=1S/C20H28N4O2S.HI/c1-21-20(22-13-15-12-16(26-2)7-8-18(15)25)23-14-17(19-6-5-11-27-19)24-9-3-4-10-24;/h5-8,11-12,17,25H,3-4,9-10,13-14H2,1-2H3,(H2,21,22,23);1H. The van der Waals surface area contributed by atoms with Gasteiger partial charge in [-0.25, -0.2) is 0 Å². The molecule has 1 aromatic heterocycles. The molecule has 1 saturated heterocycles. The fourth-order valence-corrected chi connectivity index (χ4v) is 4.23. The summed E-state index contributed by atoms with van der Waals surface area (Å²) in [6.07, 6.45) is 2.54. The summed E-state index contributed by atoms with van der Waals surface area (Å²) < 4.78 is 5.23. The van der Waals surface area contributed by atoms with E-state index in [1.165, 1.54) is 17.7 Å². The van der Waals surface area contributed by atoms with Crippen LogP contribution < -0.4 is 15.4 Å². The van der Waals surface area contributed by atoms with Crippen molar-refractivity contribution in [2.24, 2.45) is 4.99 Å². The Morgan fingerprint density at radius 1 is 1.29 bits per heavy atom. The summed E-state index contributed by atoms with van der Waals surface area (Å²) in [5.41, 5.74) is 0.770. The van der Waals surface area contributed by atoms with Crippen LogP contribution in [0.1, 0.15) is 29.3 Å². The zero-order valence-corrected chi connectivity index (χ0v) is 19.5. The summed E-state index contributed by atoms with van der Waals surface area (Å²) in [6.45, 7) is 3.56. The van der Waals surface area contributed by atoms with Gasteiger partial charge in [0.15, 0.2) is 5.96 Å². The molecule has 1 aromatic carbocycles. The van der Waals surface area contributed by atoms with Gasteiger partial charge in [-0.15, -0.1) is 35.3 Å². The zero-order valence-electron chi connectivity index (χ0n) is 16.4. The summed E-state index contributed by atoms with van der Waals surface area (Å²) >= 11 is 1.80. The SMILES string of the molecule is CN=C(NCc1cc(OC)ccc1O)NCC(c1cccs1)N1CCCC1.I. The number of phenols is 1. The van der Waals surface area contributed by atoms with Crippen molar-refractivity contribution in [3.63, 3.8) is 0 Å². The highest BCUT2D eigenvalue weighted by molar-refractivity contribution is 14.0. The second-order valence-corrected chi connectivity index (χ2v) is 7.55. The molecule has 2 heterocycles. The van der Waals surface area contributed by atoms with Crippen LogP contribution in [-0.2, 0) is 6.54 Å². The molecule has 0 radical (unpaired) electrons. The number of rotatable bonds is 7. The maximum atomic E-state index is 10.0. The number of ether oxygens (including phenoxy) is 1. The molecule has 28 heavy (non-hydrogen) atoms. The van der Waals surface area contributed by atoms with Crippen LogP contribution in [0.15, 0.2) is 40.7 Å². The van der Waals surface area contributed by atoms with Crippen molar-refractivity contribution < 1.29 is 9.84 Å². The fraction of sp³-hybridized carbons (Fsp3) is 0.450. The Bertz CT molecular complexity index is 749. The van der Waals surface area contributed by atoms with Gasteiger partial charge in [0.2, 0.25) is 0 Å². The monoisotopic (exact) mass is 516 g/mol. The van der Waals surface area contributed by atoms with Crippen molar-refractivity contribution in [3.05, 3.63) is 46.2 Å². The topological polar surface area (TPSA) is 69.1 Å². The lowest BCUT2D eigenvalue weighted by molar-refractivity contribution is 0.249. The third kappa shape index (κ3) is 5.99. The van der Waals surface area contributed by atoms with E-state index in [-0.39, 0.29) is 29.7 Å². The number of thiophene rings is 1. The molecule has 6 nitrogen and oxygen atoms in total. The summed E-state index contributed by atoms with van der Waals surface area (Å²) in [7, 11) is 3.38. The minimum Gasteiger partial charge on any atom is -0.508 e. The smallest absolute Gasteiger partial charge is 0.191 e. The van der Waals surface area contributed by atoms with E-state index < -0.39 is 0 Å². The quantitative estimate of drug-likeness (QED) is 0.298. The molecule has 0 spiro atoms. The van der Waals surface area contributed by atoms with Crippen LogP contribution in [0.5, 0.6) is 11.5 Å². The van der Waals surface area contributed by atoms with Crippen molar-refractivity contribution in [3.8, 4) is 11.5 Å². The third-order valence-electron chi connectivity index (χ3n) is 4.87. The number of guanidine groups is 1. The van der Waals surface area contributed by atoms with Gasteiger partial charge in [0, 0.05) is 30.6 Å². The number of hydrogen-bond donors (Lipinski definition) is 3. The molecule has 154 valence electrons. The van der Waals surface area contributed by atoms with Crippen molar-refractivity contribution in [2.75, 3.05) is 33.8 Å². The molecule has 3 N–H and O–H groups in total. The average molecular weight is 516 g/mol. The molecule has 1 aliphatic rings. The molecular formula is C20H29IN4O2S. The third-order valence-corrected chi connectivity index (χ3v) is 5.85. The first-order chi connectivity index (χ1) is 13.2. The van der Waals surface area contributed by atoms with Crippen molar-refractivity contribution in [1.82, 2.24) is 15.5 Å². The Balaban J connectivity index is 0.00000280. The maximum Gasteiger partial charge on any atom is 0.191 e. The van der Waals surface area contributed by atoms with Crippen LogP contribution in [0.3, 0.4) is 0 Å². The van der Waals surface area contributed by atoms with E-state index in [0.717, 1.165) is 36.9 Å². The predicted molar refractivity (Wildman–Crippen MR) is 126 cm³/mol. The van der Waals surface area contributed by atoms with Crippen LogP contribution in [0.4, 0.5) is 0 Å². The summed E-state index contributed by atoms with van der Waals surface area (Å²) in [4.78, 5) is 8.24. The molecule has 2 aromatic rings. The van der Waals surface area contributed by atoms with Gasteiger partial charge in [0.25, 0.3) is 0 Å². The van der Waals surface area contributed by atoms with Crippen molar-refractivity contribution in [2.45, 2.75) is 25.4 Å². The van der Waals surface area contributed by atoms with Gasteiger partial charge < -0.3 is 20.5 Å². The highest BCUT2D eigenvalue weighted by atomic mass is 127. The summed E-state index contributed by atoms with van der Waals surface area (Å²) in [5.74, 6) is 1.68. The molecule has 0 amide bonds. The fourth-order valence-electron chi connectivity index (χ4n) is 3.37. The summed E-state index contributed by atoms with van der Waals surface area (Å²) in [5, 5.41) is 18.9. The Kier molecular flexibility index (Phi) is 9.33. The van der Waals surface area contributed by atoms with Gasteiger partial charge in [-0.1, -0.05) is 6.07 Å². The number of aliphatic imine (C=N–C) groups is 1. The number of aromatic hydroxyl groups is 1. The Hall–Kier alpha value is -1.52. The number of phenolic OH excluding ortho intramolecular Hbond substituents is 1. The lowest BCUT2D eigenvalue weighted by atomic mass is 10.2. The highest BCUT2D eigenvalue weighted by Crippen LogP contribution is 2.28. The first-order valence-corrected chi connectivity index (χ1v) is 10.2. The molecule has 1 atom stereocenters. The molecule has 3 rings (SSSR count). The molecule has 0 bridgehead atoms. The van der Waals surface area contributed by atoms with Gasteiger partial charge in [-0.05, 0) is 55.6 Å². The minimum absolute atomic E-state index is 0. The van der Waals surface area contributed by atoms with Crippen LogP contribution in [0.25, 0.3) is 0 Å². The van der Waals surface area contributed by atoms with Crippen molar-refractivity contribution in [1.29, 1.82) is 0 Å². The van der Waals surface area contributed by atoms with Gasteiger partial charge in [0.05, 0.1) is 13.2 Å². The molecular weight excluding hydrogens is 487 g/mol. The van der Waals surface area contributed by atoms with E-state index in [2.05, 4.69) is 38.0 Å². The molecule has 8 heteroatoms. The second-order valence-electron chi connectivity index (χ2n) is 6.58. The molecule has 0 saturated carbocycles. The average Bonchev–Trinajstić information content (AvgIpc) is 3.40. The van der Waals surface area contributed by atoms with Crippen LogP contribution in [-0.4, -0.2) is 49.8 Å². The van der Waals surface area contributed by atoms with Gasteiger partial charge in [-0.2, -0.15) is 0 Å². The van der Waals surface area contributed by atoms with E-state index in [9.17, 15) is 5.11 Å². The van der Waals surface area contributed by atoms with E-state index in [4.69, 9.17) is 4.74 Å². The Morgan fingerprint density at radius 2 is 2.07 bits per heavy atom. The molecule has 1 fully saturated rings. The first-order valence-electron chi connectivity index (χ1n) is 9.29. The first kappa shape index (κ1) is 22.8. The lowest BCUT2D eigenvalue weighted by Crippen LogP contribution is -2.42. The Morgan fingerprint density at radius 3 is 2.71 bits per heavy atom. The largest absolute Gasteiger partial charge is 0.508 e. The van der Waals surface area contributed by atoms with E-state index in [0.29, 0.717) is 12.6 Å². The molecule has 1 unspecified atom stereocenters. The second kappa shape index (κ2) is 11.5. The molecule has 0 aliphatic carbocycles. The number of methoxy groups -OCH3 is 1. The minimum atomic E-state index is 0. The number of hydrogen-bond acceptors (Lipinski definition) is 5. The van der Waals surface area contributed by atoms with Crippen molar-refractivity contribution >= 4 is 41.3 Å². The van der Waals surface area contributed by atoms with Gasteiger partial charge in [0.1, 0.15) is 11.5 Å². The molecule has 1 aliphatic heterocycles. The summed E-state index contributed by atoms with van der Waals surface area (Å²) in [6, 6.07) is 9.89. The Labute approximate surface area is 188 Å². The number of nitrogens with one attached hydrogen (secondary N) is 2. The van der Waals surface area contributed by atoms with Gasteiger partial charge >= 0.3 is 0 Å². The zero-order chi connectivity index (χ0) is 19.1. The number of halogens is 1. The van der Waals surface area contributed by atoms with E-state index in [1.54, 1.807) is 37.6 Å². The maximum absolute atomic E-state index is 10.0. The number of likely N-dealkylation sites (tertiary alicyclic amines) is 1. The number of nitrogens with zero attached hydrogens (tertiary/aromatic N) is 2. The normalized spacial score (nSPS) is 15.7. The predicted octanol–water partition coefficient (Wildman–Crippen LogP) is 3.58. The number of benzene rings is 1. The van der Waals surface area contributed by atoms with Crippen LogP contribution >= 0.6 is 35.3 Å². The highest BCUT2D eigenvalue weighted by Gasteiger charge is 2.24.